The van der Waals surface area contributed by atoms with E-state index in [4.69, 9.17) is 6.42 Å². The minimum absolute atomic E-state index is 0.0391. The highest BCUT2D eigenvalue weighted by atomic mass is 19.4. The van der Waals surface area contributed by atoms with Gasteiger partial charge in [0.15, 0.2) is 0 Å². The molecule has 68 valence electrons. The van der Waals surface area contributed by atoms with E-state index in [0.717, 1.165) is 0 Å². The van der Waals surface area contributed by atoms with E-state index < -0.39 is 12.1 Å². The minimum Gasteiger partial charge on any atom is -0.324 e. The highest BCUT2D eigenvalue weighted by Gasteiger charge is 2.41. The molecule has 0 saturated carbocycles. The lowest BCUT2D eigenvalue weighted by Crippen LogP contribution is -2.41. The van der Waals surface area contributed by atoms with Crippen molar-refractivity contribution in [3.05, 3.63) is 0 Å². The molecule has 0 saturated heterocycles. The van der Waals surface area contributed by atoms with Gasteiger partial charge in [0.2, 0.25) is 0 Å². The Labute approximate surface area is 68.3 Å². The van der Waals surface area contributed by atoms with Crippen LogP contribution in [0.5, 0.6) is 0 Å². The minimum atomic E-state index is -4.83. The van der Waals surface area contributed by atoms with E-state index in [0.29, 0.717) is 4.90 Å². The molecule has 0 unspecified atom stereocenters. The smallest absolute Gasteiger partial charge is 0.324 e. The number of rotatable bonds is 2. The van der Waals surface area contributed by atoms with Crippen LogP contribution in [0, 0.1) is 12.3 Å². The summed E-state index contributed by atoms with van der Waals surface area (Å²) in [5.41, 5.74) is 0. The van der Waals surface area contributed by atoms with Crippen molar-refractivity contribution in [3.63, 3.8) is 0 Å². The average molecular weight is 179 g/mol. The van der Waals surface area contributed by atoms with Crippen LogP contribution in [-0.4, -0.2) is 30.1 Å². The fourth-order valence-corrected chi connectivity index (χ4v) is 0.617. The van der Waals surface area contributed by atoms with E-state index >= 15 is 0 Å². The summed E-state index contributed by atoms with van der Waals surface area (Å²) >= 11 is 0. The molecule has 0 aromatic heterocycles. The molecule has 5 heteroatoms. The molecule has 12 heavy (non-hydrogen) atoms. The van der Waals surface area contributed by atoms with Crippen LogP contribution < -0.4 is 0 Å². The summed E-state index contributed by atoms with van der Waals surface area (Å²) in [6, 6.07) is 0. The maximum absolute atomic E-state index is 11.7. The van der Waals surface area contributed by atoms with Gasteiger partial charge in [-0.15, -0.1) is 6.42 Å². The molecule has 0 aliphatic rings. The number of amides is 1. The van der Waals surface area contributed by atoms with Crippen molar-refractivity contribution < 1.29 is 18.0 Å². The van der Waals surface area contributed by atoms with Gasteiger partial charge in [-0.1, -0.05) is 5.92 Å². The lowest BCUT2D eigenvalue weighted by atomic mass is 10.4. The Kier molecular flexibility index (Phi) is 3.61. The lowest BCUT2D eigenvalue weighted by molar-refractivity contribution is -0.184. The number of hydrogen-bond acceptors (Lipinski definition) is 1. The van der Waals surface area contributed by atoms with E-state index in [9.17, 15) is 18.0 Å². The maximum atomic E-state index is 11.7. The van der Waals surface area contributed by atoms with Crippen molar-refractivity contribution in [3.8, 4) is 12.3 Å². The van der Waals surface area contributed by atoms with Crippen molar-refractivity contribution >= 4 is 5.91 Å². The van der Waals surface area contributed by atoms with Crippen molar-refractivity contribution in [1.82, 2.24) is 4.90 Å². The van der Waals surface area contributed by atoms with Gasteiger partial charge in [-0.2, -0.15) is 13.2 Å². The number of halogens is 3. The summed E-state index contributed by atoms with van der Waals surface area (Å²) in [5.74, 6) is 0.0906. The third-order valence-corrected chi connectivity index (χ3v) is 1.19. The molecule has 0 aromatic rings. The molecule has 1 amide bonds. The van der Waals surface area contributed by atoms with Gasteiger partial charge in [-0.3, -0.25) is 4.79 Å². The van der Waals surface area contributed by atoms with Crippen molar-refractivity contribution in [2.75, 3.05) is 13.1 Å². The highest BCUT2D eigenvalue weighted by Crippen LogP contribution is 2.17. The zero-order chi connectivity index (χ0) is 9.78. The predicted octanol–water partition coefficient (Wildman–Crippen LogP) is 1.03. The van der Waals surface area contributed by atoms with Crippen LogP contribution in [0.3, 0.4) is 0 Å². The van der Waals surface area contributed by atoms with Crippen LogP contribution in [0.2, 0.25) is 0 Å². The molecule has 0 heterocycles. The lowest BCUT2D eigenvalue weighted by Gasteiger charge is -2.18. The van der Waals surface area contributed by atoms with Crippen LogP contribution in [0.1, 0.15) is 6.92 Å². The van der Waals surface area contributed by atoms with Gasteiger partial charge in [-0.25, -0.2) is 0 Å². The number of terminal acetylenes is 1. The maximum Gasteiger partial charge on any atom is 0.471 e. The van der Waals surface area contributed by atoms with Crippen LogP contribution in [0.25, 0.3) is 0 Å². The van der Waals surface area contributed by atoms with Crippen molar-refractivity contribution in [2.24, 2.45) is 0 Å². The first-order valence-electron chi connectivity index (χ1n) is 3.23. The van der Waals surface area contributed by atoms with Crippen LogP contribution >= 0.6 is 0 Å². The molecular formula is C7H8F3NO. The number of carbonyl (C=O) groups excluding carboxylic acids is 1. The van der Waals surface area contributed by atoms with Gasteiger partial charge < -0.3 is 4.90 Å². The molecule has 0 fully saturated rings. The Morgan fingerprint density at radius 2 is 2.08 bits per heavy atom. The second-order valence-electron chi connectivity index (χ2n) is 2.02. The van der Waals surface area contributed by atoms with Gasteiger partial charge in [-0.05, 0) is 6.92 Å². The van der Waals surface area contributed by atoms with Gasteiger partial charge in [0.25, 0.3) is 0 Å². The Morgan fingerprint density at radius 1 is 1.58 bits per heavy atom. The quantitative estimate of drug-likeness (QED) is 0.580. The van der Waals surface area contributed by atoms with Crippen molar-refractivity contribution in [1.29, 1.82) is 0 Å². The molecule has 0 N–H and O–H groups in total. The fourth-order valence-electron chi connectivity index (χ4n) is 0.617. The summed E-state index contributed by atoms with van der Waals surface area (Å²) < 4.78 is 35.2. The van der Waals surface area contributed by atoms with Gasteiger partial charge >= 0.3 is 12.1 Å². The SMILES string of the molecule is C#CCN(CC)C(=O)C(F)(F)F. The summed E-state index contributed by atoms with van der Waals surface area (Å²) in [6.45, 7) is 1.08. The first-order chi connectivity index (χ1) is 5.43. The van der Waals surface area contributed by atoms with Crippen LogP contribution in [0.4, 0.5) is 13.2 Å². The zero-order valence-electron chi connectivity index (χ0n) is 6.48. The first-order valence-corrected chi connectivity index (χ1v) is 3.23. The molecule has 2 nitrogen and oxygen atoms in total. The number of carbonyl (C=O) groups is 1. The molecule has 0 rings (SSSR count). The third kappa shape index (κ3) is 2.82. The molecule has 0 radical (unpaired) electrons. The van der Waals surface area contributed by atoms with Gasteiger partial charge in [0.05, 0.1) is 6.54 Å². The monoisotopic (exact) mass is 179 g/mol. The van der Waals surface area contributed by atoms with E-state index in [1.54, 1.807) is 0 Å². The van der Waals surface area contributed by atoms with Crippen LogP contribution in [-0.2, 0) is 4.79 Å². The number of alkyl halides is 3. The van der Waals surface area contributed by atoms with Gasteiger partial charge in [0.1, 0.15) is 0 Å². The Hall–Kier alpha value is -1.18. The largest absolute Gasteiger partial charge is 0.471 e. The number of hydrogen-bond donors (Lipinski definition) is 0. The van der Waals surface area contributed by atoms with E-state index in [2.05, 4.69) is 0 Å². The van der Waals surface area contributed by atoms with Crippen LogP contribution in [0.15, 0.2) is 0 Å². The molecule has 0 spiro atoms. The van der Waals surface area contributed by atoms with E-state index in [1.807, 2.05) is 5.92 Å². The topological polar surface area (TPSA) is 20.3 Å². The normalized spacial score (nSPS) is 10.6. The summed E-state index contributed by atoms with van der Waals surface area (Å²) in [5, 5.41) is 0. The Balaban J connectivity index is 4.34. The van der Waals surface area contributed by atoms with E-state index in [1.165, 1.54) is 6.92 Å². The third-order valence-electron chi connectivity index (χ3n) is 1.19. The first kappa shape index (κ1) is 10.8. The molecule has 0 atom stereocenters. The van der Waals surface area contributed by atoms with Crippen molar-refractivity contribution in [2.45, 2.75) is 13.1 Å². The zero-order valence-corrected chi connectivity index (χ0v) is 6.48. The molecule has 0 aromatic carbocycles. The summed E-state index contributed by atoms with van der Waals surface area (Å²) in [6.07, 6.45) is -0.0517. The molecule has 0 bridgehead atoms. The molecule has 0 aliphatic carbocycles. The molecule has 0 aliphatic heterocycles. The van der Waals surface area contributed by atoms with Gasteiger partial charge in [0, 0.05) is 6.54 Å². The summed E-state index contributed by atoms with van der Waals surface area (Å²) in [4.78, 5) is 11.0. The summed E-state index contributed by atoms with van der Waals surface area (Å²) in [7, 11) is 0. The standard InChI is InChI=1S/C7H8F3NO/c1-3-5-11(4-2)6(12)7(8,9)10/h1H,4-5H2,2H3. The highest BCUT2D eigenvalue weighted by molar-refractivity contribution is 5.82. The average Bonchev–Trinajstić information content (AvgIpc) is 1.97. The Bertz CT molecular complexity index is 204. The second-order valence-corrected chi connectivity index (χ2v) is 2.02. The number of nitrogens with zero attached hydrogens (tertiary/aromatic N) is 1. The van der Waals surface area contributed by atoms with E-state index in [-0.39, 0.29) is 13.1 Å². The molecular weight excluding hydrogens is 171 g/mol. The Morgan fingerprint density at radius 3 is 2.33 bits per heavy atom. The fraction of sp³-hybridized carbons (Fsp3) is 0.571. The second kappa shape index (κ2) is 4.00. The predicted molar refractivity (Wildman–Crippen MR) is 37.1 cm³/mol.